The summed E-state index contributed by atoms with van der Waals surface area (Å²) in [6.45, 7) is 0. The van der Waals surface area contributed by atoms with E-state index in [9.17, 15) is 9.59 Å². The first-order chi connectivity index (χ1) is 6.20. The van der Waals surface area contributed by atoms with E-state index in [1.807, 2.05) is 0 Å². The lowest BCUT2D eigenvalue weighted by Gasteiger charge is -1.94. The standard InChI is InChI=1S/C8H6N2O3/c9-7(11)5-3-10-8(12)4-1-2-13-6(4)5/h1-3H,(H2,9,11)(H,10,12). The van der Waals surface area contributed by atoms with Crippen LogP contribution in [0.15, 0.2) is 27.7 Å². The molecule has 0 saturated heterocycles. The first-order valence-electron chi connectivity index (χ1n) is 3.59. The molecular formula is C8H6N2O3. The number of furan rings is 1. The molecule has 5 nitrogen and oxygen atoms in total. The van der Waals surface area contributed by atoms with E-state index in [2.05, 4.69) is 4.98 Å². The van der Waals surface area contributed by atoms with E-state index in [1.54, 1.807) is 0 Å². The summed E-state index contributed by atoms with van der Waals surface area (Å²) >= 11 is 0. The lowest BCUT2D eigenvalue weighted by Crippen LogP contribution is -2.15. The fourth-order valence-electron chi connectivity index (χ4n) is 1.16. The van der Waals surface area contributed by atoms with Crippen molar-refractivity contribution in [1.82, 2.24) is 4.98 Å². The van der Waals surface area contributed by atoms with Gasteiger partial charge in [-0.15, -0.1) is 0 Å². The highest BCUT2D eigenvalue weighted by atomic mass is 16.3. The quantitative estimate of drug-likeness (QED) is 0.654. The first kappa shape index (κ1) is 7.60. The highest BCUT2D eigenvalue weighted by molar-refractivity contribution is 6.03. The molecule has 1 amide bonds. The third-order valence-electron chi connectivity index (χ3n) is 1.77. The summed E-state index contributed by atoms with van der Waals surface area (Å²) in [6, 6.07) is 1.49. The molecule has 2 rings (SSSR count). The Labute approximate surface area is 72.2 Å². The van der Waals surface area contributed by atoms with Gasteiger partial charge >= 0.3 is 0 Å². The number of hydrogen-bond acceptors (Lipinski definition) is 3. The summed E-state index contributed by atoms with van der Waals surface area (Å²) in [5.74, 6) is -0.629. The number of aromatic nitrogens is 1. The van der Waals surface area contributed by atoms with Crippen LogP contribution >= 0.6 is 0 Å². The molecule has 2 aromatic rings. The van der Waals surface area contributed by atoms with Gasteiger partial charge in [0.1, 0.15) is 0 Å². The minimum atomic E-state index is -0.629. The molecule has 0 aromatic carbocycles. The van der Waals surface area contributed by atoms with Crippen LogP contribution < -0.4 is 11.3 Å². The number of nitrogens with two attached hydrogens (primary N) is 1. The second kappa shape index (κ2) is 2.48. The van der Waals surface area contributed by atoms with Crippen molar-refractivity contribution in [3.63, 3.8) is 0 Å². The van der Waals surface area contributed by atoms with E-state index in [1.165, 1.54) is 18.5 Å². The van der Waals surface area contributed by atoms with Crippen molar-refractivity contribution in [1.29, 1.82) is 0 Å². The number of fused-ring (bicyclic) bond motifs is 1. The Hall–Kier alpha value is -2.04. The van der Waals surface area contributed by atoms with Gasteiger partial charge in [-0.1, -0.05) is 0 Å². The summed E-state index contributed by atoms with van der Waals surface area (Å²) in [7, 11) is 0. The number of aromatic amines is 1. The zero-order chi connectivity index (χ0) is 9.42. The number of hydrogen-bond donors (Lipinski definition) is 2. The summed E-state index contributed by atoms with van der Waals surface area (Å²) in [6.07, 6.45) is 2.59. The van der Waals surface area contributed by atoms with E-state index in [4.69, 9.17) is 10.2 Å². The lowest BCUT2D eigenvalue weighted by molar-refractivity contribution is 0.100. The maximum Gasteiger partial charge on any atom is 0.259 e. The van der Waals surface area contributed by atoms with Crippen molar-refractivity contribution in [2.45, 2.75) is 0 Å². The topological polar surface area (TPSA) is 89.1 Å². The predicted octanol–water partition coefficient (Wildman–Crippen LogP) is 0.220. The van der Waals surface area contributed by atoms with Crippen LogP contribution in [-0.2, 0) is 0 Å². The second-order valence-electron chi connectivity index (χ2n) is 2.56. The number of rotatable bonds is 1. The molecule has 0 unspecified atom stereocenters. The van der Waals surface area contributed by atoms with Crippen LogP contribution in [0.1, 0.15) is 10.4 Å². The number of pyridine rings is 1. The fraction of sp³-hybridized carbons (Fsp3) is 0. The highest BCUT2D eigenvalue weighted by Crippen LogP contribution is 2.14. The summed E-state index contributed by atoms with van der Waals surface area (Å²) in [5, 5.41) is 0.330. The van der Waals surface area contributed by atoms with Gasteiger partial charge < -0.3 is 15.1 Å². The number of amides is 1. The molecule has 0 radical (unpaired) electrons. The Balaban J connectivity index is 2.94. The van der Waals surface area contributed by atoms with Crippen LogP contribution in [0.3, 0.4) is 0 Å². The molecule has 0 atom stereocenters. The molecule has 66 valence electrons. The minimum absolute atomic E-state index is 0.180. The molecule has 0 aliphatic carbocycles. The number of carbonyl (C=O) groups excluding carboxylic acids is 1. The largest absolute Gasteiger partial charge is 0.463 e. The van der Waals surface area contributed by atoms with Gasteiger partial charge in [-0.2, -0.15) is 0 Å². The molecule has 13 heavy (non-hydrogen) atoms. The minimum Gasteiger partial charge on any atom is -0.463 e. The average molecular weight is 178 g/mol. The van der Waals surface area contributed by atoms with E-state index in [0.717, 1.165) is 0 Å². The third kappa shape index (κ3) is 1.01. The molecule has 2 aromatic heterocycles. The Morgan fingerprint density at radius 3 is 3.00 bits per heavy atom. The molecule has 2 heterocycles. The van der Waals surface area contributed by atoms with Crippen LogP contribution in [0, 0.1) is 0 Å². The Kier molecular flexibility index (Phi) is 1.45. The molecule has 0 spiro atoms. The van der Waals surface area contributed by atoms with Gasteiger partial charge in [0.05, 0.1) is 17.2 Å². The van der Waals surface area contributed by atoms with Gasteiger partial charge in [-0.05, 0) is 6.07 Å². The predicted molar refractivity (Wildman–Crippen MR) is 45.4 cm³/mol. The van der Waals surface area contributed by atoms with Crippen molar-refractivity contribution in [3.05, 3.63) is 34.4 Å². The van der Waals surface area contributed by atoms with E-state index in [0.29, 0.717) is 5.39 Å². The molecular weight excluding hydrogens is 172 g/mol. The van der Waals surface area contributed by atoms with Crippen molar-refractivity contribution in [2.24, 2.45) is 5.73 Å². The molecule has 3 N–H and O–H groups in total. The smallest absolute Gasteiger partial charge is 0.259 e. The van der Waals surface area contributed by atoms with E-state index >= 15 is 0 Å². The average Bonchev–Trinajstić information content (AvgIpc) is 2.53. The maximum absolute atomic E-state index is 11.1. The Morgan fingerprint density at radius 2 is 2.31 bits per heavy atom. The molecule has 0 aliphatic rings. The lowest BCUT2D eigenvalue weighted by atomic mass is 10.2. The number of nitrogens with one attached hydrogen (secondary N) is 1. The Bertz CT molecular complexity index is 523. The van der Waals surface area contributed by atoms with Crippen molar-refractivity contribution >= 4 is 16.9 Å². The monoisotopic (exact) mass is 178 g/mol. The molecule has 0 bridgehead atoms. The molecule has 0 saturated carbocycles. The van der Waals surface area contributed by atoms with Crippen molar-refractivity contribution < 1.29 is 9.21 Å². The van der Waals surface area contributed by atoms with E-state index in [-0.39, 0.29) is 16.7 Å². The van der Waals surface area contributed by atoms with Gasteiger partial charge in [0.25, 0.3) is 11.5 Å². The van der Waals surface area contributed by atoms with Crippen LogP contribution in [0.2, 0.25) is 0 Å². The Morgan fingerprint density at radius 1 is 1.54 bits per heavy atom. The second-order valence-corrected chi connectivity index (χ2v) is 2.56. The molecule has 0 aliphatic heterocycles. The zero-order valence-electron chi connectivity index (χ0n) is 6.53. The van der Waals surface area contributed by atoms with Crippen molar-refractivity contribution in [3.8, 4) is 0 Å². The highest BCUT2D eigenvalue weighted by Gasteiger charge is 2.11. The maximum atomic E-state index is 11.1. The molecule has 0 fully saturated rings. The van der Waals surface area contributed by atoms with Crippen molar-refractivity contribution in [2.75, 3.05) is 0 Å². The van der Waals surface area contributed by atoms with Crippen LogP contribution in [0.5, 0.6) is 0 Å². The zero-order valence-corrected chi connectivity index (χ0v) is 6.53. The van der Waals surface area contributed by atoms with Crippen LogP contribution in [-0.4, -0.2) is 10.9 Å². The van der Waals surface area contributed by atoms with Gasteiger partial charge in [0.15, 0.2) is 5.58 Å². The third-order valence-corrected chi connectivity index (χ3v) is 1.77. The summed E-state index contributed by atoms with van der Waals surface area (Å²) < 4.78 is 4.97. The van der Waals surface area contributed by atoms with Gasteiger partial charge in [-0.25, -0.2) is 0 Å². The van der Waals surface area contributed by atoms with Crippen LogP contribution in [0.25, 0.3) is 11.0 Å². The number of carbonyl (C=O) groups is 1. The van der Waals surface area contributed by atoms with Gasteiger partial charge in [-0.3, -0.25) is 9.59 Å². The van der Waals surface area contributed by atoms with Gasteiger partial charge in [0.2, 0.25) is 0 Å². The number of primary amides is 1. The first-order valence-corrected chi connectivity index (χ1v) is 3.59. The van der Waals surface area contributed by atoms with Crippen LogP contribution in [0.4, 0.5) is 0 Å². The van der Waals surface area contributed by atoms with Gasteiger partial charge in [0, 0.05) is 6.20 Å². The molecule has 5 heteroatoms. The number of H-pyrrole nitrogens is 1. The normalized spacial score (nSPS) is 10.5. The fourth-order valence-corrected chi connectivity index (χ4v) is 1.16. The summed E-state index contributed by atoms with van der Waals surface area (Å²) in [5.41, 5.74) is 5.18. The summed E-state index contributed by atoms with van der Waals surface area (Å²) in [4.78, 5) is 24.4. The van der Waals surface area contributed by atoms with E-state index < -0.39 is 5.91 Å². The SMILES string of the molecule is NC(=O)c1c[nH]c(=O)c2ccoc12.